The van der Waals surface area contributed by atoms with Gasteiger partial charge in [0.1, 0.15) is 4.90 Å². The van der Waals surface area contributed by atoms with E-state index in [2.05, 4.69) is 4.98 Å². The molecule has 0 saturated heterocycles. The topological polar surface area (TPSA) is 79.2 Å². The van der Waals surface area contributed by atoms with E-state index in [0.29, 0.717) is 22.5 Å². The van der Waals surface area contributed by atoms with Crippen LogP contribution in [0.15, 0.2) is 29.3 Å². The van der Waals surface area contributed by atoms with Crippen molar-refractivity contribution in [2.75, 3.05) is 19.3 Å². The molecule has 5 nitrogen and oxygen atoms in total. The molecule has 0 bridgehead atoms. The van der Waals surface area contributed by atoms with E-state index in [4.69, 9.17) is 5.73 Å². The Morgan fingerprint density at radius 3 is 2.79 bits per heavy atom. The third kappa shape index (κ3) is 2.59. The number of aromatic nitrogens is 1. The highest BCUT2D eigenvalue weighted by Gasteiger charge is 2.23. The van der Waals surface area contributed by atoms with Crippen molar-refractivity contribution in [3.05, 3.63) is 24.4 Å². The molecule has 1 heterocycles. The Morgan fingerprint density at radius 2 is 2.11 bits per heavy atom. The molecule has 0 atom stereocenters. The molecule has 0 amide bonds. The van der Waals surface area contributed by atoms with Crippen LogP contribution < -0.4 is 5.73 Å². The van der Waals surface area contributed by atoms with E-state index < -0.39 is 10.0 Å². The van der Waals surface area contributed by atoms with Crippen molar-refractivity contribution in [1.29, 1.82) is 0 Å². The normalized spacial score (nSPS) is 12.4. The first-order valence-electron chi connectivity index (χ1n) is 6.29. The lowest BCUT2D eigenvalue weighted by Gasteiger charge is -2.16. The summed E-state index contributed by atoms with van der Waals surface area (Å²) in [5, 5.41) is 0.678. The zero-order valence-corrected chi connectivity index (χ0v) is 12.0. The molecular weight excluding hydrogens is 262 g/mol. The number of nitrogens with two attached hydrogens (primary N) is 1. The fourth-order valence-corrected chi connectivity index (χ4v) is 3.37. The molecule has 1 aromatic heterocycles. The first-order valence-corrected chi connectivity index (χ1v) is 7.73. The smallest absolute Gasteiger partial charge is 0.244 e. The molecular formula is C13H19N3O2S. The van der Waals surface area contributed by atoms with Gasteiger partial charge in [0.05, 0.1) is 0 Å². The van der Waals surface area contributed by atoms with Crippen LogP contribution in [0.4, 0.5) is 5.69 Å². The number of nitrogens with zero attached hydrogens (tertiary/aromatic N) is 1. The average Bonchev–Trinajstić information content (AvgIpc) is 2.79. The van der Waals surface area contributed by atoms with Crippen molar-refractivity contribution >= 4 is 26.6 Å². The zero-order chi connectivity index (χ0) is 14.0. The van der Waals surface area contributed by atoms with Crippen LogP contribution in [-0.4, -0.2) is 31.3 Å². The van der Waals surface area contributed by atoms with E-state index in [-0.39, 0.29) is 0 Å². The highest BCUT2D eigenvalue weighted by Crippen LogP contribution is 2.26. The van der Waals surface area contributed by atoms with Crippen molar-refractivity contribution < 1.29 is 8.42 Å². The lowest BCUT2D eigenvalue weighted by molar-refractivity contribution is 0.460. The quantitative estimate of drug-likeness (QED) is 0.824. The van der Waals surface area contributed by atoms with Gasteiger partial charge in [0, 0.05) is 36.4 Å². The van der Waals surface area contributed by atoms with E-state index in [1.54, 1.807) is 25.2 Å². The van der Waals surface area contributed by atoms with Crippen LogP contribution in [0.2, 0.25) is 0 Å². The molecule has 19 heavy (non-hydrogen) atoms. The van der Waals surface area contributed by atoms with Crippen molar-refractivity contribution in [2.45, 2.75) is 24.7 Å². The van der Waals surface area contributed by atoms with E-state index in [9.17, 15) is 8.42 Å². The van der Waals surface area contributed by atoms with Gasteiger partial charge in [-0.1, -0.05) is 13.3 Å². The van der Waals surface area contributed by atoms with Crippen molar-refractivity contribution in [3.63, 3.8) is 0 Å². The summed E-state index contributed by atoms with van der Waals surface area (Å²) in [7, 11) is -1.83. The van der Waals surface area contributed by atoms with Gasteiger partial charge in [0.15, 0.2) is 0 Å². The summed E-state index contributed by atoms with van der Waals surface area (Å²) < 4.78 is 26.3. The number of unbranched alkanes of at least 4 members (excludes halogenated alkanes) is 1. The maximum atomic E-state index is 12.5. The Kier molecular flexibility index (Phi) is 3.82. The lowest BCUT2D eigenvalue weighted by atomic mass is 10.2. The minimum absolute atomic E-state index is 0.307. The van der Waals surface area contributed by atoms with E-state index in [0.717, 1.165) is 18.4 Å². The van der Waals surface area contributed by atoms with Gasteiger partial charge in [-0.15, -0.1) is 0 Å². The second-order valence-electron chi connectivity index (χ2n) is 4.64. The molecule has 0 spiro atoms. The molecule has 0 aliphatic carbocycles. The van der Waals surface area contributed by atoms with Crippen molar-refractivity contribution in [2.24, 2.45) is 0 Å². The molecule has 0 unspecified atom stereocenters. The number of fused-ring (bicyclic) bond motifs is 1. The predicted octanol–water partition coefficient (Wildman–Crippen LogP) is 2.17. The maximum Gasteiger partial charge on any atom is 0.244 e. The fourth-order valence-electron chi connectivity index (χ4n) is 2.00. The number of nitrogens with one attached hydrogen (secondary N) is 1. The van der Waals surface area contributed by atoms with Gasteiger partial charge >= 0.3 is 0 Å². The summed E-state index contributed by atoms with van der Waals surface area (Å²) in [4.78, 5) is 3.27. The van der Waals surface area contributed by atoms with Crippen LogP contribution in [0.3, 0.4) is 0 Å². The van der Waals surface area contributed by atoms with E-state index in [1.165, 1.54) is 10.5 Å². The monoisotopic (exact) mass is 281 g/mol. The second kappa shape index (κ2) is 5.22. The number of aromatic amines is 1. The largest absolute Gasteiger partial charge is 0.399 e. The Labute approximate surface area is 113 Å². The minimum atomic E-state index is -3.45. The van der Waals surface area contributed by atoms with Crippen molar-refractivity contribution in [1.82, 2.24) is 9.29 Å². The van der Waals surface area contributed by atoms with Gasteiger partial charge < -0.3 is 10.7 Å². The number of H-pyrrole nitrogens is 1. The summed E-state index contributed by atoms with van der Waals surface area (Å²) >= 11 is 0. The molecule has 2 aromatic rings. The summed E-state index contributed by atoms with van der Waals surface area (Å²) in [5.41, 5.74) is 7.04. The molecule has 6 heteroatoms. The summed E-state index contributed by atoms with van der Waals surface area (Å²) in [6.45, 7) is 2.56. The molecule has 0 fully saturated rings. The van der Waals surface area contributed by atoms with Gasteiger partial charge in [0.2, 0.25) is 10.0 Å². The molecule has 104 valence electrons. The summed E-state index contributed by atoms with van der Waals surface area (Å²) in [6.07, 6.45) is 3.34. The number of hydrogen-bond donors (Lipinski definition) is 2. The predicted molar refractivity (Wildman–Crippen MR) is 77.4 cm³/mol. The number of sulfonamides is 1. The Morgan fingerprint density at radius 1 is 1.37 bits per heavy atom. The fraction of sp³-hybridized carbons (Fsp3) is 0.385. The van der Waals surface area contributed by atoms with Crippen LogP contribution in [0.25, 0.3) is 10.9 Å². The van der Waals surface area contributed by atoms with Gasteiger partial charge in [-0.25, -0.2) is 12.7 Å². The first-order chi connectivity index (χ1) is 8.96. The van der Waals surface area contributed by atoms with Crippen LogP contribution in [0, 0.1) is 0 Å². The Bertz CT molecular complexity index is 676. The summed E-state index contributed by atoms with van der Waals surface area (Å²) in [6, 6.07) is 5.18. The molecule has 0 saturated carbocycles. The minimum Gasteiger partial charge on any atom is -0.399 e. The van der Waals surface area contributed by atoms with E-state index in [1.807, 2.05) is 6.92 Å². The van der Waals surface area contributed by atoms with Gasteiger partial charge in [-0.2, -0.15) is 0 Å². The summed E-state index contributed by atoms with van der Waals surface area (Å²) in [5.74, 6) is 0. The molecule has 1 aromatic carbocycles. The molecule has 0 radical (unpaired) electrons. The standard InChI is InChI=1S/C13H19N3O2S/c1-3-4-7-16(2)19(17,18)13-9-15-12-8-10(14)5-6-11(12)13/h5-6,8-9,15H,3-4,7,14H2,1-2H3. The van der Waals surface area contributed by atoms with Crippen LogP contribution in [0.5, 0.6) is 0 Å². The molecule has 0 aliphatic rings. The second-order valence-corrected chi connectivity index (χ2v) is 6.65. The third-order valence-electron chi connectivity index (χ3n) is 3.18. The maximum absolute atomic E-state index is 12.5. The van der Waals surface area contributed by atoms with Gasteiger partial charge in [0.25, 0.3) is 0 Å². The first kappa shape index (κ1) is 13.9. The molecule has 0 aliphatic heterocycles. The third-order valence-corrected chi connectivity index (χ3v) is 5.08. The molecule has 2 rings (SSSR count). The Balaban J connectivity index is 2.43. The van der Waals surface area contributed by atoms with Crippen LogP contribution in [0.1, 0.15) is 19.8 Å². The van der Waals surface area contributed by atoms with E-state index >= 15 is 0 Å². The highest BCUT2D eigenvalue weighted by atomic mass is 32.2. The number of nitrogen functional groups attached to an aromatic ring is 1. The Hall–Kier alpha value is -1.53. The SMILES string of the molecule is CCCCN(C)S(=O)(=O)c1c[nH]c2cc(N)ccc12. The highest BCUT2D eigenvalue weighted by molar-refractivity contribution is 7.89. The lowest BCUT2D eigenvalue weighted by Crippen LogP contribution is -2.27. The number of benzene rings is 1. The molecule has 3 N–H and O–H groups in total. The van der Waals surface area contributed by atoms with Crippen molar-refractivity contribution in [3.8, 4) is 0 Å². The van der Waals surface area contributed by atoms with Crippen LogP contribution in [-0.2, 0) is 10.0 Å². The van der Waals surface area contributed by atoms with Gasteiger partial charge in [-0.05, 0) is 24.6 Å². The number of hydrogen-bond acceptors (Lipinski definition) is 3. The number of anilines is 1. The van der Waals surface area contributed by atoms with Crippen LogP contribution >= 0.6 is 0 Å². The zero-order valence-electron chi connectivity index (χ0n) is 11.2. The number of rotatable bonds is 5. The average molecular weight is 281 g/mol. The van der Waals surface area contributed by atoms with Gasteiger partial charge in [-0.3, -0.25) is 0 Å².